The van der Waals surface area contributed by atoms with Gasteiger partial charge < -0.3 is 5.43 Å². The van der Waals surface area contributed by atoms with Crippen molar-refractivity contribution in [2.45, 2.75) is 13.5 Å². The van der Waals surface area contributed by atoms with Gasteiger partial charge in [0.2, 0.25) is 0 Å². The predicted octanol–water partition coefficient (Wildman–Crippen LogP) is 3.60. The monoisotopic (exact) mass is 263 g/mol. The van der Waals surface area contributed by atoms with E-state index in [4.69, 9.17) is 0 Å². The molecule has 2 heterocycles. The first kappa shape index (κ1) is 12.5. The van der Waals surface area contributed by atoms with Crippen LogP contribution in [-0.2, 0) is 6.54 Å². The summed E-state index contributed by atoms with van der Waals surface area (Å²) in [6.07, 6.45) is 3.63. The highest BCUT2D eigenvalue weighted by atomic mass is 15.4. The summed E-state index contributed by atoms with van der Waals surface area (Å²) in [5.41, 5.74) is 8.26. The van der Waals surface area contributed by atoms with Gasteiger partial charge in [-0.1, -0.05) is 30.3 Å². The first-order chi connectivity index (χ1) is 9.84. The standard InChI is InChI=1S/C17H17N3/c1-14-7-8-17(16-5-3-2-4-6-16)20(14)19-13-15-9-11-18-12-10-15/h2-12,19H,13H2,1H3. The first-order valence-electron chi connectivity index (χ1n) is 6.71. The van der Waals surface area contributed by atoms with E-state index >= 15 is 0 Å². The lowest BCUT2D eigenvalue weighted by Gasteiger charge is -2.14. The van der Waals surface area contributed by atoms with Gasteiger partial charge in [0.1, 0.15) is 0 Å². The highest BCUT2D eigenvalue weighted by Gasteiger charge is 2.06. The van der Waals surface area contributed by atoms with Gasteiger partial charge in [-0.3, -0.25) is 9.66 Å². The van der Waals surface area contributed by atoms with Crippen molar-refractivity contribution in [1.29, 1.82) is 0 Å². The quantitative estimate of drug-likeness (QED) is 0.779. The fraction of sp³-hybridized carbons (Fsp3) is 0.118. The fourth-order valence-corrected chi connectivity index (χ4v) is 2.25. The van der Waals surface area contributed by atoms with Crippen LogP contribution in [0.3, 0.4) is 0 Å². The Balaban J connectivity index is 1.85. The first-order valence-corrected chi connectivity index (χ1v) is 6.71. The van der Waals surface area contributed by atoms with Gasteiger partial charge in [-0.25, -0.2) is 0 Å². The van der Waals surface area contributed by atoms with Crippen molar-refractivity contribution in [1.82, 2.24) is 9.66 Å². The Morgan fingerprint density at radius 1 is 0.950 bits per heavy atom. The minimum Gasteiger partial charge on any atom is -0.321 e. The summed E-state index contributed by atoms with van der Waals surface area (Å²) >= 11 is 0. The number of nitrogens with one attached hydrogen (secondary N) is 1. The molecular formula is C17H17N3. The molecule has 100 valence electrons. The summed E-state index contributed by atoms with van der Waals surface area (Å²) < 4.78 is 2.13. The molecule has 0 unspecified atom stereocenters. The molecule has 3 rings (SSSR count). The zero-order chi connectivity index (χ0) is 13.8. The van der Waals surface area contributed by atoms with Crippen molar-refractivity contribution < 1.29 is 0 Å². The number of hydrogen-bond acceptors (Lipinski definition) is 2. The smallest absolute Gasteiger partial charge is 0.0695 e. The highest BCUT2D eigenvalue weighted by Crippen LogP contribution is 2.21. The van der Waals surface area contributed by atoms with Gasteiger partial charge in [0, 0.05) is 23.7 Å². The molecule has 0 spiro atoms. The van der Waals surface area contributed by atoms with Crippen molar-refractivity contribution >= 4 is 0 Å². The molecular weight excluding hydrogens is 246 g/mol. The fourth-order valence-electron chi connectivity index (χ4n) is 2.25. The van der Waals surface area contributed by atoms with Crippen molar-refractivity contribution in [3.8, 4) is 11.3 Å². The number of aryl methyl sites for hydroxylation is 1. The molecule has 0 saturated carbocycles. The third kappa shape index (κ3) is 2.57. The molecule has 20 heavy (non-hydrogen) atoms. The molecule has 0 fully saturated rings. The normalized spacial score (nSPS) is 10.4. The lowest BCUT2D eigenvalue weighted by molar-refractivity contribution is 0.824. The molecule has 1 N–H and O–H groups in total. The Hall–Kier alpha value is -2.55. The molecule has 3 heteroatoms. The summed E-state index contributed by atoms with van der Waals surface area (Å²) in [5.74, 6) is 0. The number of hydrogen-bond donors (Lipinski definition) is 1. The SMILES string of the molecule is Cc1ccc(-c2ccccc2)n1NCc1ccncc1. The average Bonchev–Trinajstić information content (AvgIpc) is 2.88. The highest BCUT2D eigenvalue weighted by molar-refractivity contribution is 5.61. The van der Waals surface area contributed by atoms with Crippen LogP contribution in [0, 0.1) is 6.92 Å². The lowest BCUT2D eigenvalue weighted by Crippen LogP contribution is -2.16. The molecule has 0 aliphatic heterocycles. The Morgan fingerprint density at radius 2 is 1.70 bits per heavy atom. The number of nitrogens with zero attached hydrogens (tertiary/aromatic N) is 2. The van der Waals surface area contributed by atoms with Gasteiger partial charge in [0.25, 0.3) is 0 Å². The zero-order valence-corrected chi connectivity index (χ0v) is 11.5. The van der Waals surface area contributed by atoms with Crippen LogP contribution in [0.15, 0.2) is 67.0 Å². The zero-order valence-electron chi connectivity index (χ0n) is 11.5. The second kappa shape index (κ2) is 5.61. The molecule has 0 saturated heterocycles. The molecule has 0 radical (unpaired) electrons. The van der Waals surface area contributed by atoms with E-state index in [9.17, 15) is 0 Å². The molecule has 0 atom stereocenters. The van der Waals surface area contributed by atoms with Crippen LogP contribution in [0.4, 0.5) is 0 Å². The largest absolute Gasteiger partial charge is 0.321 e. The molecule has 0 aliphatic carbocycles. The Morgan fingerprint density at radius 3 is 2.45 bits per heavy atom. The predicted molar refractivity (Wildman–Crippen MR) is 81.9 cm³/mol. The van der Waals surface area contributed by atoms with Crippen LogP contribution in [0.5, 0.6) is 0 Å². The van der Waals surface area contributed by atoms with Crippen molar-refractivity contribution in [2.24, 2.45) is 0 Å². The maximum absolute atomic E-state index is 4.04. The number of aromatic nitrogens is 2. The molecule has 0 aliphatic rings. The summed E-state index contributed by atoms with van der Waals surface area (Å²) in [6.45, 7) is 2.88. The van der Waals surface area contributed by atoms with Gasteiger partial charge in [-0.2, -0.15) is 0 Å². The average molecular weight is 263 g/mol. The van der Waals surface area contributed by atoms with E-state index < -0.39 is 0 Å². The lowest BCUT2D eigenvalue weighted by atomic mass is 10.2. The van der Waals surface area contributed by atoms with E-state index in [1.807, 2.05) is 30.6 Å². The van der Waals surface area contributed by atoms with Gasteiger partial charge >= 0.3 is 0 Å². The summed E-state index contributed by atoms with van der Waals surface area (Å²) in [7, 11) is 0. The Labute approximate surface area is 118 Å². The Bertz CT molecular complexity index is 672. The van der Waals surface area contributed by atoms with Crippen LogP contribution < -0.4 is 5.43 Å². The van der Waals surface area contributed by atoms with E-state index in [0.29, 0.717) is 0 Å². The minimum atomic E-state index is 0.776. The molecule has 0 amide bonds. The van der Waals surface area contributed by atoms with E-state index in [1.54, 1.807) is 0 Å². The summed E-state index contributed by atoms with van der Waals surface area (Å²) in [6, 6.07) is 18.7. The third-order valence-corrected chi connectivity index (χ3v) is 3.34. The van der Waals surface area contributed by atoms with Gasteiger partial charge in [0.15, 0.2) is 0 Å². The topological polar surface area (TPSA) is 29.9 Å². The minimum absolute atomic E-state index is 0.776. The number of rotatable bonds is 4. The maximum Gasteiger partial charge on any atom is 0.0695 e. The Kier molecular flexibility index (Phi) is 3.50. The van der Waals surface area contributed by atoms with Crippen LogP contribution >= 0.6 is 0 Å². The van der Waals surface area contributed by atoms with Gasteiger partial charge in [0.05, 0.1) is 12.2 Å². The van der Waals surface area contributed by atoms with Gasteiger partial charge in [-0.05, 0) is 36.8 Å². The molecule has 1 aromatic carbocycles. The van der Waals surface area contributed by atoms with E-state index in [0.717, 1.165) is 6.54 Å². The molecule has 2 aromatic heterocycles. The van der Waals surface area contributed by atoms with E-state index in [1.165, 1.54) is 22.5 Å². The molecule has 3 nitrogen and oxygen atoms in total. The second-order valence-corrected chi connectivity index (χ2v) is 4.75. The molecule has 3 aromatic rings. The van der Waals surface area contributed by atoms with Crippen LogP contribution in [0.1, 0.15) is 11.3 Å². The summed E-state index contributed by atoms with van der Waals surface area (Å²) in [5, 5.41) is 0. The van der Waals surface area contributed by atoms with Gasteiger partial charge in [-0.15, -0.1) is 0 Å². The number of pyridine rings is 1. The van der Waals surface area contributed by atoms with Crippen molar-refractivity contribution in [2.75, 3.05) is 5.43 Å². The summed E-state index contributed by atoms with van der Waals surface area (Å²) in [4.78, 5) is 4.04. The molecule has 0 bridgehead atoms. The van der Waals surface area contributed by atoms with Crippen molar-refractivity contribution in [3.63, 3.8) is 0 Å². The van der Waals surface area contributed by atoms with E-state index in [2.05, 4.69) is 58.4 Å². The van der Waals surface area contributed by atoms with Crippen LogP contribution in [0.25, 0.3) is 11.3 Å². The number of benzene rings is 1. The maximum atomic E-state index is 4.04. The van der Waals surface area contributed by atoms with E-state index in [-0.39, 0.29) is 0 Å². The van der Waals surface area contributed by atoms with Crippen LogP contribution in [0.2, 0.25) is 0 Å². The third-order valence-electron chi connectivity index (χ3n) is 3.34. The van der Waals surface area contributed by atoms with Crippen molar-refractivity contribution in [3.05, 3.63) is 78.2 Å². The second-order valence-electron chi connectivity index (χ2n) is 4.75. The van der Waals surface area contributed by atoms with Crippen LogP contribution in [-0.4, -0.2) is 9.66 Å².